The first-order chi connectivity index (χ1) is 10.2. The third-order valence-electron chi connectivity index (χ3n) is 3.28. The first kappa shape index (κ1) is 15.3. The van der Waals surface area contributed by atoms with E-state index in [9.17, 15) is 0 Å². The molecule has 0 saturated heterocycles. The third kappa shape index (κ3) is 3.49. The average molecular weight is 286 g/mol. The predicted octanol–water partition coefficient (Wildman–Crippen LogP) is 3.09. The van der Waals surface area contributed by atoms with Crippen molar-refractivity contribution in [1.29, 1.82) is 0 Å². The number of aromatic nitrogens is 2. The van der Waals surface area contributed by atoms with Gasteiger partial charge < -0.3 is 10.2 Å². The number of hydrazine groups is 1. The van der Waals surface area contributed by atoms with Crippen LogP contribution in [0, 0.1) is 6.92 Å². The summed E-state index contributed by atoms with van der Waals surface area (Å²) in [5, 5.41) is 0. The maximum absolute atomic E-state index is 5.66. The minimum Gasteiger partial charge on any atom is -0.494 e. The Balaban J connectivity index is 2.41. The van der Waals surface area contributed by atoms with E-state index < -0.39 is 0 Å². The number of rotatable bonds is 6. The molecule has 0 amide bonds. The second-order valence-corrected chi connectivity index (χ2v) is 4.84. The van der Waals surface area contributed by atoms with Gasteiger partial charge in [0, 0.05) is 16.8 Å². The van der Waals surface area contributed by atoms with E-state index >= 15 is 0 Å². The molecule has 112 valence electrons. The van der Waals surface area contributed by atoms with E-state index in [0.717, 1.165) is 35.4 Å². The average Bonchev–Trinajstić information content (AvgIpc) is 2.53. The zero-order chi connectivity index (χ0) is 15.2. The molecule has 0 bridgehead atoms. The van der Waals surface area contributed by atoms with Crippen molar-refractivity contribution in [2.75, 3.05) is 12.0 Å². The van der Waals surface area contributed by atoms with Gasteiger partial charge >= 0.3 is 0 Å². The van der Waals surface area contributed by atoms with E-state index in [-0.39, 0.29) is 0 Å². The molecule has 0 atom stereocenters. The molecule has 0 spiro atoms. The van der Waals surface area contributed by atoms with Gasteiger partial charge in [-0.05, 0) is 31.9 Å². The van der Waals surface area contributed by atoms with E-state index in [1.165, 1.54) is 0 Å². The van der Waals surface area contributed by atoms with Crippen LogP contribution in [0.4, 0.5) is 5.82 Å². The lowest BCUT2D eigenvalue weighted by Gasteiger charge is -2.12. The summed E-state index contributed by atoms with van der Waals surface area (Å²) in [5.41, 5.74) is 5.55. The second-order valence-electron chi connectivity index (χ2n) is 4.84. The molecule has 0 saturated carbocycles. The van der Waals surface area contributed by atoms with E-state index in [2.05, 4.69) is 29.2 Å². The van der Waals surface area contributed by atoms with Gasteiger partial charge in [-0.1, -0.05) is 26.0 Å². The SMILES string of the molecule is CCCOc1cccc(-c2nc(CC)c(C)c(NN)n2)c1. The normalized spacial score (nSPS) is 10.5. The van der Waals surface area contributed by atoms with Crippen molar-refractivity contribution in [2.24, 2.45) is 5.84 Å². The molecule has 1 aromatic heterocycles. The highest BCUT2D eigenvalue weighted by Gasteiger charge is 2.11. The van der Waals surface area contributed by atoms with Crippen LogP contribution in [0.15, 0.2) is 24.3 Å². The number of anilines is 1. The van der Waals surface area contributed by atoms with Crippen LogP contribution in [-0.2, 0) is 6.42 Å². The van der Waals surface area contributed by atoms with E-state index in [1.54, 1.807) is 0 Å². The summed E-state index contributed by atoms with van der Waals surface area (Å²) in [6.45, 7) is 6.83. The summed E-state index contributed by atoms with van der Waals surface area (Å²) < 4.78 is 5.66. The fourth-order valence-electron chi connectivity index (χ4n) is 2.12. The zero-order valence-electron chi connectivity index (χ0n) is 12.8. The summed E-state index contributed by atoms with van der Waals surface area (Å²) in [5.74, 6) is 7.71. The van der Waals surface area contributed by atoms with Gasteiger partial charge in [0.1, 0.15) is 11.6 Å². The van der Waals surface area contributed by atoms with Crippen LogP contribution in [0.2, 0.25) is 0 Å². The number of nitrogen functional groups attached to an aromatic ring is 1. The lowest BCUT2D eigenvalue weighted by Crippen LogP contribution is -2.13. The molecular weight excluding hydrogens is 264 g/mol. The van der Waals surface area contributed by atoms with Gasteiger partial charge in [0.05, 0.1) is 6.61 Å². The molecule has 1 aromatic carbocycles. The highest BCUT2D eigenvalue weighted by Crippen LogP contribution is 2.25. The molecule has 0 aliphatic heterocycles. The van der Waals surface area contributed by atoms with Gasteiger partial charge in [-0.25, -0.2) is 15.8 Å². The molecule has 2 rings (SSSR count). The smallest absolute Gasteiger partial charge is 0.161 e. The number of hydrogen-bond acceptors (Lipinski definition) is 5. The van der Waals surface area contributed by atoms with Crippen LogP contribution in [0.5, 0.6) is 5.75 Å². The number of ether oxygens (including phenoxy) is 1. The second kappa shape index (κ2) is 7.04. The Kier molecular flexibility index (Phi) is 5.11. The van der Waals surface area contributed by atoms with E-state index in [1.807, 2.05) is 31.2 Å². The molecule has 2 aromatic rings. The van der Waals surface area contributed by atoms with Crippen molar-refractivity contribution in [3.05, 3.63) is 35.5 Å². The van der Waals surface area contributed by atoms with Gasteiger partial charge in [0.25, 0.3) is 0 Å². The van der Waals surface area contributed by atoms with Gasteiger partial charge in [0.15, 0.2) is 5.82 Å². The number of nitrogens with zero attached hydrogens (tertiary/aromatic N) is 2. The van der Waals surface area contributed by atoms with Crippen LogP contribution in [0.3, 0.4) is 0 Å². The van der Waals surface area contributed by atoms with Gasteiger partial charge in [-0.2, -0.15) is 0 Å². The molecular formula is C16H22N4O. The molecule has 0 fully saturated rings. The lowest BCUT2D eigenvalue weighted by molar-refractivity contribution is 0.317. The van der Waals surface area contributed by atoms with Crippen molar-refractivity contribution < 1.29 is 4.74 Å². The Labute approximate surface area is 125 Å². The third-order valence-corrected chi connectivity index (χ3v) is 3.28. The number of benzene rings is 1. The molecule has 0 radical (unpaired) electrons. The van der Waals surface area contributed by atoms with Crippen molar-refractivity contribution in [3.63, 3.8) is 0 Å². The van der Waals surface area contributed by atoms with E-state index in [0.29, 0.717) is 18.2 Å². The molecule has 5 nitrogen and oxygen atoms in total. The van der Waals surface area contributed by atoms with Gasteiger partial charge in [-0.15, -0.1) is 0 Å². The summed E-state index contributed by atoms with van der Waals surface area (Å²) in [7, 11) is 0. The minimum atomic E-state index is 0.660. The van der Waals surface area contributed by atoms with Crippen molar-refractivity contribution >= 4 is 5.82 Å². The molecule has 21 heavy (non-hydrogen) atoms. The highest BCUT2D eigenvalue weighted by molar-refractivity contribution is 5.61. The number of nitrogens with two attached hydrogens (primary N) is 1. The quantitative estimate of drug-likeness (QED) is 0.630. The molecule has 3 N–H and O–H groups in total. The van der Waals surface area contributed by atoms with Crippen LogP contribution in [0.25, 0.3) is 11.4 Å². The summed E-state index contributed by atoms with van der Waals surface area (Å²) in [6.07, 6.45) is 1.81. The van der Waals surface area contributed by atoms with Crippen molar-refractivity contribution in [2.45, 2.75) is 33.6 Å². The first-order valence-corrected chi connectivity index (χ1v) is 7.27. The summed E-state index contributed by atoms with van der Waals surface area (Å²) in [4.78, 5) is 9.12. The molecule has 0 aliphatic rings. The number of aryl methyl sites for hydroxylation is 1. The monoisotopic (exact) mass is 286 g/mol. The summed E-state index contributed by atoms with van der Waals surface area (Å²) >= 11 is 0. The van der Waals surface area contributed by atoms with Crippen molar-refractivity contribution in [3.8, 4) is 17.1 Å². The number of nitrogens with one attached hydrogen (secondary N) is 1. The topological polar surface area (TPSA) is 73.1 Å². The van der Waals surface area contributed by atoms with Crippen LogP contribution in [-0.4, -0.2) is 16.6 Å². The fourth-order valence-corrected chi connectivity index (χ4v) is 2.12. The largest absolute Gasteiger partial charge is 0.494 e. The standard InChI is InChI=1S/C16H22N4O/c1-4-9-21-13-8-6-7-12(10-13)16-18-14(5-2)11(3)15(19-16)20-17/h6-8,10H,4-5,9,17H2,1-3H3,(H,18,19,20). The van der Waals surface area contributed by atoms with Crippen LogP contribution < -0.4 is 16.0 Å². The van der Waals surface area contributed by atoms with E-state index in [4.69, 9.17) is 10.6 Å². The Bertz CT molecular complexity index is 588. The summed E-state index contributed by atoms with van der Waals surface area (Å²) in [6, 6.07) is 7.82. The fraction of sp³-hybridized carbons (Fsp3) is 0.375. The lowest BCUT2D eigenvalue weighted by atomic mass is 10.1. The Morgan fingerprint density at radius 1 is 1.24 bits per heavy atom. The van der Waals surface area contributed by atoms with Crippen LogP contribution in [0.1, 0.15) is 31.5 Å². The maximum atomic E-state index is 5.66. The van der Waals surface area contributed by atoms with Gasteiger partial charge in [0.2, 0.25) is 0 Å². The molecule has 0 unspecified atom stereocenters. The Morgan fingerprint density at radius 2 is 2.05 bits per heavy atom. The van der Waals surface area contributed by atoms with Crippen LogP contribution >= 0.6 is 0 Å². The maximum Gasteiger partial charge on any atom is 0.161 e. The zero-order valence-corrected chi connectivity index (χ0v) is 12.8. The van der Waals surface area contributed by atoms with Crippen molar-refractivity contribution in [1.82, 2.24) is 9.97 Å². The highest BCUT2D eigenvalue weighted by atomic mass is 16.5. The molecule has 5 heteroatoms. The molecule has 0 aliphatic carbocycles. The predicted molar refractivity (Wildman–Crippen MR) is 85.2 cm³/mol. The Morgan fingerprint density at radius 3 is 2.71 bits per heavy atom. The molecule has 1 heterocycles. The first-order valence-electron chi connectivity index (χ1n) is 7.27. The number of hydrogen-bond donors (Lipinski definition) is 2. The Hall–Kier alpha value is -2.14. The minimum absolute atomic E-state index is 0.660. The van der Waals surface area contributed by atoms with Gasteiger partial charge in [-0.3, -0.25) is 0 Å².